The van der Waals surface area contributed by atoms with Crippen LogP contribution in [-0.4, -0.2) is 61.1 Å². The number of pyridine rings is 2. The van der Waals surface area contributed by atoms with Crippen LogP contribution in [-0.2, 0) is 27.2 Å². The molecule has 1 aliphatic rings. The normalized spacial score (nSPS) is 16.3. The van der Waals surface area contributed by atoms with E-state index in [0.717, 1.165) is 6.07 Å². The summed E-state index contributed by atoms with van der Waals surface area (Å²) in [5, 5.41) is 19.8. The van der Waals surface area contributed by atoms with Crippen LogP contribution >= 0.6 is 0 Å². The zero-order valence-corrected chi connectivity index (χ0v) is 23.6. The highest BCUT2D eigenvalue weighted by atomic mass is 32.2. The molecule has 6 rings (SSSR count). The molecule has 1 saturated heterocycles. The Balaban J connectivity index is 1.29. The number of alkyl halides is 3. The Bertz CT molecular complexity index is 1880. The van der Waals surface area contributed by atoms with Crippen LogP contribution in [0.25, 0.3) is 21.8 Å². The quantitative estimate of drug-likeness (QED) is 0.208. The van der Waals surface area contributed by atoms with Crippen molar-refractivity contribution in [3.05, 3.63) is 84.4 Å². The maximum absolute atomic E-state index is 13.5. The third kappa shape index (κ3) is 6.12. The van der Waals surface area contributed by atoms with Gasteiger partial charge in [0, 0.05) is 36.3 Å². The van der Waals surface area contributed by atoms with E-state index in [9.17, 15) is 22.5 Å². The number of hydrogen-bond donors (Lipinski definition) is 3. The number of aliphatic hydroxyl groups is 1. The smallest absolute Gasteiger partial charge is 0.378 e. The predicted molar refractivity (Wildman–Crippen MR) is 156 cm³/mol. The molecule has 14 heteroatoms. The predicted octanol–water partition coefficient (Wildman–Crippen LogP) is 5.04. The number of para-hydroxylation sites is 1. The number of aryl methyl sites for hydroxylation is 1. The average molecular weight is 612 g/mol. The van der Waals surface area contributed by atoms with Crippen molar-refractivity contribution >= 4 is 42.9 Å². The van der Waals surface area contributed by atoms with E-state index in [1.54, 1.807) is 35.3 Å². The first kappa shape index (κ1) is 28.8. The molecule has 0 amide bonds. The molecule has 43 heavy (non-hydrogen) atoms. The molecule has 0 saturated carbocycles. The number of hydrogen-bond acceptors (Lipinski definition) is 9. The van der Waals surface area contributed by atoms with Crippen LogP contribution in [0.3, 0.4) is 0 Å². The summed E-state index contributed by atoms with van der Waals surface area (Å²) >= 11 is 0. The fraction of sp³-hybridized carbons (Fsp3) is 0.276. The Morgan fingerprint density at radius 3 is 2.65 bits per heavy atom. The number of aromatic nitrogens is 4. The van der Waals surface area contributed by atoms with Gasteiger partial charge < -0.3 is 20.1 Å². The van der Waals surface area contributed by atoms with Gasteiger partial charge in [0.15, 0.2) is 6.23 Å². The van der Waals surface area contributed by atoms with Crippen LogP contribution in [0, 0.1) is 4.78 Å². The van der Waals surface area contributed by atoms with Gasteiger partial charge in [-0.05, 0) is 36.4 Å². The zero-order valence-electron chi connectivity index (χ0n) is 22.8. The molecule has 1 fully saturated rings. The Hall–Kier alpha value is -4.27. The number of rotatable bonds is 8. The summed E-state index contributed by atoms with van der Waals surface area (Å²) in [7, 11) is -3.17. The maximum atomic E-state index is 13.5. The molecule has 224 valence electrons. The molecular weight excluding hydrogens is 583 g/mol. The second kappa shape index (κ2) is 11.4. The van der Waals surface area contributed by atoms with E-state index in [-0.39, 0.29) is 18.0 Å². The van der Waals surface area contributed by atoms with Crippen molar-refractivity contribution in [1.29, 1.82) is 4.78 Å². The van der Waals surface area contributed by atoms with E-state index < -0.39 is 27.8 Å². The zero-order chi connectivity index (χ0) is 30.2. The third-order valence-electron chi connectivity index (χ3n) is 7.23. The van der Waals surface area contributed by atoms with Crippen molar-refractivity contribution in [2.75, 3.05) is 42.3 Å². The van der Waals surface area contributed by atoms with Crippen LogP contribution < -0.4 is 10.2 Å². The van der Waals surface area contributed by atoms with E-state index in [0.29, 0.717) is 64.4 Å². The molecule has 3 N–H and O–H groups in total. The molecule has 3 aromatic heterocycles. The van der Waals surface area contributed by atoms with Crippen LogP contribution in [0.4, 0.5) is 24.5 Å². The number of ether oxygens (including phenoxy) is 1. The maximum Gasteiger partial charge on any atom is 0.433 e. The molecule has 10 nitrogen and oxygen atoms in total. The summed E-state index contributed by atoms with van der Waals surface area (Å²) in [4.78, 5) is 10.4. The molecule has 2 atom stereocenters. The second-order valence-corrected chi connectivity index (χ2v) is 12.3. The van der Waals surface area contributed by atoms with E-state index in [2.05, 4.69) is 20.4 Å². The Labute approximate surface area is 245 Å². The van der Waals surface area contributed by atoms with Crippen molar-refractivity contribution in [3.63, 3.8) is 0 Å². The summed E-state index contributed by atoms with van der Waals surface area (Å²) in [6.07, 6.45) is -2.86. The molecule has 2 aromatic carbocycles. The van der Waals surface area contributed by atoms with E-state index in [1.807, 2.05) is 29.2 Å². The van der Waals surface area contributed by atoms with Crippen molar-refractivity contribution in [2.45, 2.75) is 23.8 Å². The van der Waals surface area contributed by atoms with Crippen LogP contribution in [0.2, 0.25) is 0 Å². The van der Waals surface area contributed by atoms with Gasteiger partial charge in [-0.3, -0.25) is 9.67 Å². The largest absolute Gasteiger partial charge is 0.433 e. The number of aliphatic hydroxyl groups excluding tert-OH is 1. The third-order valence-corrected chi connectivity index (χ3v) is 9.05. The van der Waals surface area contributed by atoms with Gasteiger partial charge in [0.1, 0.15) is 5.69 Å². The van der Waals surface area contributed by atoms with Gasteiger partial charge in [-0.15, -0.1) is 0 Å². The summed E-state index contributed by atoms with van der Waals surface area (Å²) in [5.74, 6) is 0.0242. The number of halogens is 3. The molecule has 0 radical (unpaired) electrons. The van der Waals surface area contributed by atoms with Gasteiger partial charge in [0.25, 0.3) is 0 Å². The number of benzene rings is 2. The highest BCUT2D eigenvalue weighted by molar-refractivity contribution is 7.92. The lowest BCUT2D eigenvalue weighted by Gasteiger charge is -2.31. The van der Waals surface area contributed by atoms with Gasteiger partial charge in [-0.2, -0.15) is 18.3 Å². The molecule has 1 aliphatic heterocycles. The summed E-state index contributed by atoms with van der Waals surface area (Å²) in [6, 6.07) is 15.9. The van der Waals surface area contributed by atoms with Crippen molar-refractivity contribution in [1.82, 2.24) is 19.7 Å². The molecule has 5 aromatic rings. The Morgan fingerprint density at radius 2 is 1.86 bits per heavy atom. The standard InChI is InChI=1S/C29H28F3N7O3S/c30-29(31,32)27-7-3-6-22(35-27)28(40)36-24-16-19-18-39(37-23(19)17-25(24)38-10-13-42-14-11-38)12-15-43(33,41)26-8-9-34-21-5-2-1-4-20(21)26/h1-9,16-18,28,33,36,40H,10-15H2. The lowest BCUT2D eigenvalue weighted by molar-refractivity contribution is -0.141. The molecule has 0 bridgehead atoms. The SMILES string of the molecule is N=S(=O)(CCn1cc2cc(NC(O)c3cccc(C(F)(F)F)n3)c(N3CCOCC3)cc2n1)c1ccnc2ccccc12. The first-order valence-electron chi connectivity index (χ1n) is 13.5. The number of morpholine rings is 1. The molecule has 2 unspecified atom stereocenters. The van der Waals surface area contributed by atoms with Gasteiger partial charge >= 0.3 is 6.18 Å². The topological polar surface area (TPSA) is 129 Å². The van der Waals surface area contributed by atoms with E-state index >= 15 is 0 Å². The number of anilines is 2. The monoisotopic (exact) mass is 611 g/mol. The molecule has 0 aliphatic carbocycles. The van der Waals surface area contributed by atoms with Crippen LogP contribution in [0.1, 0.15) is 17.6 Å². The van der Waals surface area contributed by atoms with Crippen LogP contribution in [0.5, 0.6) is 0 Å². The van der Waals surface area contributed by atoms with Gasteiger partial charge in [-0.25, -0.2) is 14.0 Å². The van der Waals surface area contributed by atoms with Gasteiger partial charge in [0.05, 0.1) is 68.2 Å². The van der Waals surface area contributed by atoms with Crippen molar-refractivity contribution in [2.24, 2.45) is 0 Å². The second-order valence-electron chi connectivity index (χ2n) is 10.1. The minimum Gasteiger partial charge on any atom is -0.378 e. The number of nitrogens with zero attached hydrogens (tertiary/aromatic N) is 5. The summed E-state index contributed by atoms with van der Waals surface area (Å²) in [6.45, 7) is 2.33. The van der Waals surface area contributed by atoms with Crippen molar-refractivity contribution in [3.8, 4) is 0 Å². The van der Waals surface area contributed by atoms with Crippen LogP contribution in [0.15, 0.2) is 78.0 Å². The Morgan fingerprint density at radius 1 is 1.07 bits per heavy atom. The molecule has 4 heterocycles. The van der Waals surface area contributed by atoms with Gasteiger partial charge in [0.2, 0.25) is 0 Å². The Kier molecular flexibility index (Phi) is 7.66. The average Bonchev–Trinajstić information content (AvgIpc) is 3.41. The first-order valence-corrected chi connectivity index (χ1v) is 15.2. The first-order chi connectivity index (χ1) is 20.6. The fourth-order valence-electron chi connectivity index (χ4n) is 5.08. The lowest BCUT2D eigenvalue weighted by atomic mass is 10.1. The molecular formula is C29H28F3N7O3S. The van der Waals surface area contributed by atoms with E-state index in [1.165, 1.54) is 12.1 Å². The highest BCUT2D eigenvalue weighted by Crippen LogP contribution is 2.34. The van der Waals surface area contributed by atoms with Crippen molar-refractivity contribution < 1.29 is 27.2 Å². The molecule has 0 spiro atoms. The number of fused-ring (bicyclic) bond motifs is 2. The van der Waals surface area contributed by atoms with Gasteiger partial charge in [-0.1, -0.05) is 24.3 Å². The summed E-state index contributed by atoms with van der Waals surface area (Å²) < 4.78 is 68.9. The number of nitrogens with one attached hydrogen (secondary N) is 2. The summed E-state index contributed by atoms with van der Waals surface area (Å²) in [5.41, 5.74) is 1.20. The minimum atomic E-state index is -4.64. The van der Waals surface area contributed by atoms with E-state index in [4.69, 9.17) is 9.52 Å². The minimum absolute atomic E-state index is 0.0242. The highest BCUT2D eigenvalue weighted by Gasteiger charge is 2.33. The lowest BCUT2D eigenvalue weighted by Crippen LogP contribution is -2.36. The fourth-order valence-corrected chi connectivity index (χ4v) is 6.55.